The highest BCUT2D eigenvalue weighted by molar-refractivity contribution is 5.89. The second-order valence-corrected chi connectivity index (χ2v) is 7.83. The Morgan fingerprint density at radius 2 is 1.81 bits per heavy atom. The summed E-state index contributed by atoms with van der Waals surface area (Å²) >= 11 is 0. The first kappa shape index (κ1) is 19.9. The topological polar surface area (TPSA) is 52.7 Å². The number of carbonyl (C=O) groups excluding carboxylic acids is 2. The van der Waals surface area contributed by atoms with E-state index < -0.39 is 0 Å². The summed E-state index contributed by atoms with van der Waals surface area (Å²) in [6.45, 7) is 7.56. The largest absolute Gasteiger partial charge is 0.354 e. The van der Waals surface area contributed by atoms with Crippen molar-refractivity contribution in [3.05, 3.63) is 35.9 Å². The summed E-state index contributed by atoms with van der Waals surface area (Å²) in [5.41, 5.74) is 1.25. The fourth-order valence-electron chi connectivity index (χ4n) is 4.52. The van der Waals surface area contributed by atoms with E-state index >= 15 is 0 Å². The fraction of sp³-hybridized carbons (Fsp3) is 0.636. The molecule has 2 aliphatic rings. The smallest absolute Gasteiger partial charge is 0.225 e. The Morgan fingerprint density at radius 1 is 1.15 bits per heavy atom. The molecule has 27 heavy (non-hydrogen) atoms. The number of amides is 2. The molecule has 0 bridgehead atoms. The Labute approximate surface area is 163 Å². The van der Waals surface area contributed by atoms with Gasteiger partial charge in [-0.2, -0.15) is 0 Å². The first-order chi connectivity index (χ1) is 13.1. The Morgan fingerprint density at radius 3 is 2.44 bits per heavy atom. The minimum absolute atomic E-state index is 0.0249. The lowest BCUT2D eigenvalue weighted by Crippen LogP contribution is -2.41. The molecule has 1 aromatic carbocycles. The van der Waals surface area contributed by atoms with E-state index in [0.29, 0.717) is 19.5 Å². The summed E-state index contributed by atoms with van der Waals surface area (Å²) in [7, 11) is 0. The van der Waals surface area contributed by atoms with Gasteiger partial charge in [0, 0.05) is 25.6 Å². The molecule has 0 aromatic heterocycles. The van der Waals surface area contributed by atoms with Gasteiger partial charge in [-0.1, -0.05) is 44.2 Å². The molecule has 1 N–H and O–H groups in total. The zero-order valence-corrected chi connectivity index (χ0v) is 16.7. The van der Waals surface area contributed by atoms with Gasteiger partial charge >= 0.3 is 0 Å². The molecule has 0 aliphatic carbocycles. The van der Waals surface area contributed by atoms with Crippen LogP contribution in [0.15, 0.2) is 30.3 Å². The summed E-state index contributed by atoms with van der Waals surface area (Å²) in [5.74, 6) is -0.0620. The summed E-state index contributed by atoms with van der Waals surface area (Å²) in [6.07, 6.45) is 4.68. The molecule has 1 aromatic rings. The van der Waals surface area contributed by atoms with Gasteiger partial charge in [0.05, 0.1) is 12.0 Å². The molecule has 5 heteroatoms. The van der Waals surface area contributed by atoms with E-state index in [2.05, 4.69) is 48.3 Å². The van der Waals surface area contributed by atoms with Crippen molar-refractivity contribution in [2.24, 2.45) is 5.92 Å². The molecule has 2 heterocycles. The standard InChI is InChI=1S/C22H33N3O2/c1-3-19(4-2)25-16-18(14-21(25)26)22(27)23-15-20(24-12-8-9-13-24)17-10-6-5-7-11-17/h5-7,10-11,18-20H,3-4,8-9,12-16H2,1-2H3,(H,23,27). The Hall–Kier alpha value is -1.88. The van der Waals surface area contributed by atoms with Crippen LogP contribution >= 0.6 is 0 Å². The maximum absolute atomic E-state index is 12.8. The van der Waals surface area contributed by atoms with E-state index in [-0.39, 0.29) is 29.8 Å². The van der Waals surface area contributed by atoms with Crippen LogP contribution in [-0.4, -0.2) is 53.8 Å². The van der Waals surface area contributed by atoms with Gasteiger partial charge in [0.1, 0.15) is 0 Å². The van der Waals surface area contributed by atoms with Crippen LogP contribution in [0.5, 0.6) is 0 Å². The Bertz CT molecular complexity index is 624. The number of hydrogen-bond donors (Lipinski definition) is 1. The molecule has 148 valence electrons. The zero-order chi connectivity index (χ0) is 19.2. The predicted molar refractivity (Wildman–Crippen MR) is 107 cm³/mol. The summed E-state index contributed by atoms with van der Waals surface area (Å²) in [4.78, 5) is 29.5. The first-order valence-corrected chi connectivity index (χ1v) is 10.5. The third-order valence-electron chi connectivity index (χ3n) is 6.15. The van der Waals surface area contributed by atoms with Crippen molar-refractivity contribution in [2.45, 2.75) is 58.0 Å². The molecule has 5 nitrogen and oxygen atoms in total. The minimum atomic E-state index is -0.215. The summed E-state index contributed by atoms with van der Waals surface area (Å²) in [6, 6.07) is 10.9. The van der Waals surface area contributed by atoms with Crippen molar-refractivity contribution in [3.8, 4) is 0 Å². The number of rotatable bonds is 8. The summed E-state index contributed by atoms with van der Waals surface area (Å²) in [5, 5.41) is 3.16. The quantitative estimate of drug-likeness (QED) is 0.764. The molecule has 2 aliphatic heterocycles. The second kappa shape index (κ2) is 9.36. The van der Waals surface area contributed by atoms with Gasteiger partial charge < -0.3 is 10.2 Å². The zero-order valence-electron chi connectivity index (χ0n) is 16.7. The average molecular weight is 372 g/mol. The molecule has 2 atom stereocenters. The molecule has 0 saturated carbocycles. The van der Waals surface area contributed by atoms with Gasteiger partial charge in [-0.15, -0.1) is 0 Å². The highest BCUT2D eigenvalue weighted by Crippen LogP contribution is 2.26. The Balaban J connectivity index is 1.60. The van der Waals surface area contributed by atoms with E-state index in [4.69, 9.17) is 0 Å². The third kappa shape index (κ3) is 4.70. The van der Waals surface area contributed by atoms with Crippen LogP contribution in [0.3, 0.4) is 0 Å². The molecule has 2 amide bonds. The maximum Gasteiger partial charge on any atom is 0.225 e. The normalized spacial score (nSPS) is 21.8. The maximum atomic E-state index is 12.8. The van der Waals surface area contributed by atoms with Crippen LogP contribution in [0, 0.1) is 5.92 Å². The van der Waals surface area contributed by atoms with Crippen molar-refractivity contribution < 1.29 is 9.59 Å². The van der Waals surface area contributed by atoms with Gasteiger partial charge in [0.15, 0.2) is 0 Å². The molecule has 0 spiro atoms. The van der Waals surface area contributed by atoms with Crippen molar-refractivity contribution >= 4 is 11.8 Å². The second-order valence-electron chi connectivity index (χ2n) is 7.83. The number of likely N-dealkylation sites (tertiary alicyclic amines) is 2. The minimum Gasteiger partial charge on any atom is -0.354 e. The van der Waals surface area contributed by atoms with Crippen molar-refractivity contribution in [3.63, 3.8) is 0 Å². The highest BCUT2D eigenvalue weighted by atomic mass is 16.2. The lowest BCUT2D eigenvalue weighted by Gasteiger charge is -2.29. The number of hydrogen-bond acceptors (Lipinski definition) is 3. The molecular formula is C22H33N3O2. The predicted octanol–water partition coefficient (Wildman–Crippen LogP) is 2.98. The molecule has 3 rings (SSSR count). The van der Waals surface area contributed by atoms with Crippen LogP contribution in [0.2, 0.25) is 0 Å². The molecule has 2 unspecified atom stereocenters. The number of benzene rings is 1. The van der Waals surface area contributed by atoms with Gasteiger partial charge in [-0.25, -0.2) is 0 Å². The van der Waals surface area contributed by atoms with Crippen LogP contribution in [0.1, 0.15) is 57.6 Å². The van der Waals surface area contributed by atoms with Crippen LogP contribution in [0.4, 0.5) is 0 Å². The van der Waals surface area contributed by atoms with Crippen molar-refractivity contribution in [1.82, 2.24) is 15.1 Å². The number of nitrogens with zero attached hydrogens (tertiary/aromatic N) is 2. The van der Waals surface area contributed by atoms with E-state index in [1.165, 1.54) is 18.4 Å². The third-order valence-corrected chi connectivity index (χ3v) is 6.15. The molecule has 2 fully saturated rings. The lowest BCUT2D eigenvalue weighted by atomic mass is 10.0. The van der Waals surface area contributed by atoms with Crippen LogP contribution in [-0.2, 0) is 9.59 Å². The van der Waals surface area contributed by atoms with Crippen LogP contribution in [0.25, 0.3) is 0 Å². The van der Waals surface area contributed by atoms with Gasteiger partial charge in [0.25, 0.3) is 0 Å². The van der Waals surface area contributed by atoms with E-state index in [9.17, 15) is 9.59 Å². The van der Waals surface area contributed by atoms with Crippen molar-refractivity contribution in [2.75, 3.05) is 26.2 Å². The summed E-state index contributed by atoms with van der Waals surface area (Å²) < 4.78 is 0. The van der Waals surface area contributed by atoms with E-state index in [1.54, 1.807) is 0 Å². The lowest BCUT2D eigenvalue weighted by molar-refractivity contribution is -0.130. The molecule has 2 saturated heterocycles. The van der Waals surface area contributed by atoms with E-state index in [1.807, 2.05) is 11.0 Å². The van der Waals surface area contributed by atoms with Gasteiger partial charge in [0.2, 0.25) is 11.8 Å². The Kier molecular flexibility index (Phi) is 6.89. The number of carbonyl (C=O) groups is 2. The molecule has 0 radical (unpaired) electrons. The van der Waals surface area contributed by atoms with Gasteiger partial charge in [-0.05, 0) is 44.3 Å². The molecular weight excluding hydrogens is 338 g/mol. The SMILES string of the molecule is CCC(CC)N1CC(C(=O)NCC(c2ccccc2)N2CCCC2)CC1=O. The highest BCUT2D eigenvalue weighted by Gasteiger charge is 2.37. The van der Waals surface area contributed by atoms with E-state index in [0.717, 1.165) is 25.9 Å². The fourth-order valence-corrected chi connectivity index (χ4v) is 4.52. The number of nitrogens with one attached hydrogen (secondary N) is 1. The van der Waals surface area contributed by atoms with Gasteiger partial charge in [-0.3, -0.25) is 14.5 Å². The van der Waals surface area contributed by atoms with Crippen molar-refractivity contribution in [1.29, 1.82) is 0 Å². The average Bonchev–Trinajstić information content (AvgIpc) is 3.34. The monoisotopic (exact) mass is 371 g/mol. The van der Waals surface area contributed by atoms with Crippen LogP contribution < -0.4 is 5.32 Å². The first-order valence-electron chi connectivity index (χ1n) is 10.5.